The smallest absolute Gasteiger partial charge is 0.234 e. The van der Waals surface area contributed by atoms with Crippen LogP contribution in [0.1, 0.15) is 32.1 Å². The Morgan fingerprint density at radius 2 is 2.00 bits per heavy atom. The van der Waals surface area contributed by atoms with Crippen LogP contribution >= 0.6 is 11.8 Å². The SMILES string of the molecule is COc1ccc(NC(=O)CSC2CCS(=O)(=O)C2)cc1OC1CCCC1. The molecule has 144 valence electrons. The predicted molar refractivity (Wildman–Crippen MR) is 104 cm³/mol. The third-order valence-corrected chi connectivity index (χ3v) is 7.97. The number of carbonyl (C=O) groups is 1. The summed E-state index contributed by atoms with van der Waals surface area (Å²) in [4.78, 5) is 12.2. The van der Waals surface area contributed by atoms with Crippen molar-refractivity contribution in [2.24, 2.45) is 0 Å². The van der Waals surface area contributed by atoms with Crippen molar-refractivity contribution in [2.75, 3.05) is 29.7 Å². The molecule has 1 amide bonds. The van der Waals surface area contributed by atoms with Gasteiger partial charge in [-0.25, -0.2) is 8.42 Å². The summed E-state index contributed by atoms with van der Waals surface area (Å²) in [5.41, 5.74) is 0.656. The molecule has 2 fully saturated rings. The summed E-state index contributed by atoms with van der Waals surface area (Å²) in [6, 6.07) is 5.36. The number of anilines is 1. The highest BCUT2D eigenvalue weighted by atomic mass is 32.2. The summed E-state index contributed by atoms with van der Waals surface area (Å²) in [7, 11) is -1.31. The molecule has 6 nitrogen and oxygen atoms in total. The first-order chi connectivity index (χ1) is 12.4. The van der Waals surface area contributed by atoms with E-state index in [4.69, 9.17) is 9.47 Å². The summed E-state index contributed by atoms with van der Waals surface area (Å²) in [5, 5.41) is 2.87. The number of methoxy groups -OCH3 is 1. The molecule has 1 heterocycles. The monoisotopic (exact) mass is 399 g/mol. The van der Waals surface area contributed by atoms with Crippen molar-refractivity contribution in [2.45, 2.75) is 43.5 Å². The number of nitrogens with one attached hydrogen (secondary N) is 1. The second-order valence-corrected chi connectivity index (χ2v) is 10.3. The van der Waals surface area contributed by atoms with Gasteiger partial charge in [-0.1, -0.05) is 0 Å². The van der Waals surface area contributed by atoms with E-state index >= 15 is 0 Å². The molecular weight excluding hydrogens is 374 g/mol. The molecule has 2 aliphatic rings. The fourth-order valence-electron chi connectivity index (χ4n) is 3.32. The third kappa shape index (κ3) is 5.30. The molecule has 26 heavy (non-hydrogen) atoms. The molecule has 0 bridgehead atoms. The van der Waals surface area contributed by atoms with Crippen LogP contribution in [0.15, 0.2) is 18.2 Å². The van der Waals surface area contributed by atoms with Gasteiger partial charge >= 0.3 is 0 Å². The molecule has 1 atom stereocenters. The van der Waals surface area contributed by atoms with E-state index in [1.54, 1.807) is 25.3 Å². The van der Waals surface area contributed by atoms with Crippen molar-refractivity contribution >= 4 is 33.2 Å². The van der Waals surface area contributed by atoms with E-state index < -0.39 is 9.84 Å². The number of benzene rings is 1. The lowest BCUT2D eigenvalue weighted by molar-refractivity contribution is -0.113. The van der Waals surface area contributed by atoms with Gasteiger partial charge in [0.15, 0.2) is 21.3 Å². The minimum absolute atomic E-state index is 0.0166. The van der Waals surface area contributed by atoms with Crippen LogP contribution in [0.2, 0.25) is 0 Å². The molecule has 8 heteroatoms. The fourth-order valence-corrected chi connectivity index (χ4v) is 6.76. The van der Waals surface area contributed by atoms with Crippen molar-refractivity contribution in [1.82, 2.24) is 0 Å². The summed E-state index contributed by atoms with van der Waals surface area (Å²) in [6.45, 7) is 0. The summed E-state index contributed by atoms with van der Waals surface area (Å²) in [6.07, 6.45) is 5.27. The Balaban J connectivity index is 1.55. The lowest BCUT2D eigenvalue weighted by Crippen LogP contribution is -2.17. The molecule has 3 rings (SSSR count). The van der Waals surface area contributed by atoms with Gasteiger partial charge in [-0.15, -0.1) is 11.8 Å². The number of amides is 1. The molecule has 1 aromatic rings. The number of hydrogen-bond acceptors (Lipinski definition) is 6. The van der Waals surface area contributed by atoms with Crippen molar-refractivity contribution in [3.8, 4) is 11.5 Å². The lowest BCUT2D eigenvalue weighted by atomic mass is 10.2. The van der Waals surface area contributed by atoms with E-state index in [0.29, 0.717) is 23.6 Å². The van der Waals surface area contributed by atoms with Crippen molar-refractivity contribution < 1.29 is 22.7 Å². The topological polar surface area (TPSA) is 81.7 Å². The number of hydrogen-bond donors (Lipinski definition) is 1. The number of thioether (sulfide) groups is 1. The molecule has 1 aliphatic heterocycles. The van der Waals surface area contributed by atoms with E-state index in [1.165, 1.54) is 24.6 Å². The minimum atomic E-state index is -2.91. The number of sulfone groups is 1. The lowest BCUT2D eigenvalue weighted by Gasteiger charge is -2.17. The van der Waals surface area contributed by atoms with Crippen LogP contribution in [0.25, 0.3) is 0 Å². The van der Waals surface area contributed by atoms with Gasteiger partial charge in [0, 0.05) is 17.0 Å². The zero-order valence-corrected chi connectivity index (χ0v) is 16.5. The van der Waals surface area contributed by atoms with Crippen LogP contribution in [-0.2, 0) is 14.6 Å². The number of rotatable bonds is 7. The van der Waals surface area contributed by atoms with E-state index in [0.717, 1.165) is 12.8 Å². The highest BCUT2D eigenvalue weighted by molar-refractivity contribution is 8.02. The first-order valence-corrected chi connectivity index (χ1v) is 11.8. The van der Waals surface area contributed by atoms with E-state index in [-0.39, 0.29) is 34.5 Å². The largest absolute Gasteiger partial charge is 0.493 e. The predicted octanol–water partition coefficient (Wildman–Crippen LogP) is 2.88. The van der Waals surface area contributed by atoms with Crippen molar-refractivity contribution in [1.29, 1.82) is 0 Å². The summed E-state index contributed by atoms with van der Waals surface area (Å²) < 4.78 is 34.3. The van der Waals surface area contributed by atoms with Crippen molar-refractivity contribution in [3.63, 3.8) is 0 Å². The number of ether oxygens (including phenoxy) is 2. The van der Waals surface area contributed by atoms with Crippen LogP contribution in [-0.4, -0.2) is 50.0 Å². The van der Waals surface area contributed by atoms with E-state index in [2.05, 4.69) is 5.32 Å². The van der Waals surface area contributed by atoms with E-state index in [1.807, 2.05) is 0 Å². The van der Waals surface area contributed by atoms with Gasteiger partial charge in [0.05, 0.1) is 30.5 Å². The molecule has 1 saturated carbocycles. The highest BCUT2D eigenvalue weighted by Crippen LogP contribution is 2.34. The molecule has 0 radical (unpaired) electrons. The quantitative estimate of drug-likeness (QED) is 0.759. The molecule has 0 aromatic heterocycles. The van der Waals surface area contributed by atoms with Gasteiger partial charge in [-0.05, 0) is 44.2 Å². The van der Waals surface area contributed by atoms with Gasteiger partial charge < -0.3 is 14.8 Å². The van der Waals surface area contributed by atoms with Gasteiger partial charge in [0.1, 0.15) is 0 Å². The first kappa shape index (κ1) is 19.4. The van der Waals surface area contributed by atoms with Gasteiger partial charge in [-0.3, -0.25) is 4.79 Å². The van der Waals surface area contributed by atoms with Crippen molar-refractivity contribution in [3.05, 3.63) is 18.2 Å². The Bertz CT molecular complexity index is 744. The zero-order valence-electron chi connectivity index (χ0n) is 14.9. The Morgan fingerprint density at radius 1 is 1.23 bits per heavy atom. The summed E-state index contributed by atoms with van der Waals surface area (Å²) in [5.74, 6) is 1.80. The second kappa shape index (κ2) is 8.52. The van der Waals surface area contributed by atoms with Gasteiger partial charge in [0.25, 0.3) is 0 Å². The molecular formula is C18H25NO5S2. The number of carbonyl (C=O) groups excluding carboxylic acids is 1. The first-order valence-electron chi connectivity index (χ1n) is 8.92. The molecule has 0 spiro atoms. The van der Waals surface area contributed by atoms with E-state index in [9.17, 15) is 13.2 Å². The average Bonchev–Trinajstić information content (AvgIpc) is 3.22. The molecule has 1 unspecified atom stereocenters. The Kier molecular flexibility index (Phi) is 6.34. The molecule has 1 saturated heterocycles. The van der Waals surface area contributed by atoms with Crippen LogP contribution in [0.5, 0.6) is 11.5 Å². The minimum Gasteiger partial charge on any atom is -0.493 e. The molecule has 1 aromatic carbocycles. The maximum Gasteiger partial charge on any atom is 0.234 e. The van der Waals surface area contributed by atoms with Crippen LogP contribution in [0.3, 0.4) is 0 Å². The Hall–Kier alpha value is -1.41. The molecule has 1 aliphatic carbocycles. The zero-order chi connectivity index (χ0) is 18.6. The summed E-state index contributed by atoms with van der Waals surface area (Å²) >= 11 is 1.40. The second-order valence-electron chi connectivity index (χ2n) is 6.77. The Labute approximate surface area is 158 Å². The highest BCUT2D eigenvalue weighted by Gasteiger charge is 2.28. The van der Waals surface area contributed by atoms with Gasteiger partial charge in [0.2, 0.25) is 5.91 Å². The Morgan fingerprint density at radius 3 is 2.65 bits per heavy atom. The molecule has 1 N–H and O–H groups in total. The standard InChI is InChI=1S/C18H25NO5S2/c1-23-16-7-6-13(10-17(16)24-14-4-2-3-5-14)19-18(20)11-25-15-8-9-26(21,22)12-15/h6-7,10,14-15H,2-5,8-9,11-12H2,1H3,(H,19,20). The van der Waals surface area contributed by atoms with Crippen LogP contribution in [0.4, 0.5) is 5.69 Å². The van der Waals surface area contributed by atoms with Crippen LogP contribution in [0, 0.1) is 0 Å². The van der Waals surface area contributed by atoms with Crippen LogP contribution < -0.4 is 14.8 Å². The van der Waals surface area contributed by atoms with Gasteiger partial charge in [-0.2, -0.15) is 0 Å². The normalized spacial score (nSPS) is 22.3. The fraction of sp³-hybridized carbons (Fsp3) is 0.611. The maximum atomic E-state index is 12.2. The maximum absolute atomic E-state index is 12.2. The third-order valence-electron chi connectivity index (χ3n) is 4.68. The average molecular weight is 400 g/mol.